The predicted molar refractivity (Wildman–Crippen MR) is 362 cm³/mol. The number of carbonyl (C=O) groups excluding carboxylic acids is 3. The van der Waals surface area contributed by atoms with E-state index in [1.807, 2.05) is 0 Å². The maximum atomic E-state index is 13.0. The van der Waals surface area contributed by atoms with Crippen LogP contribution in [-0.2, 0) is 28.6 Å². The van der Waals surface area contributed by atoms with Crippen LogP contribution >= 0.6 is 0 Å². The van der Waals surface area contributed by atoms with E-state index in [2.05, 4.69) is 69.4 Å². The molecule has 0 aliphatic rings. The highest BCUT2D eigenvalue weighted by molar-refractivity contribution is 5.71. The van der Waals surface area contributed by atoms with Gasteiger partial charge in [-0.25, -0.2) is 0 Å². The van der Waals surface area contributed by atoms with Gasteiger partial charge in [0.1, 0.15) is 13.2 Å². The summed E-state index contributed by atoms with van der Waals surface area (Å²) in [6, 6.07) is 0. The second-order valence-corrected chi connectivity index (χ2v) is 25.2. The first kappa shape index (κ1) is 80.4. The minimum atomic E-state index is -0.776. The molecule has 0 N–H and O–H groups in total. The lowest BCUT2D eigenvalue weighted by atomic mass is 10.0. The number of esters is 3. The molecule has 0 aliphatic heterocycles. The standard InChI is InChI=1S/C77H142O6/c1-4-7-10-13-16-19-22-25-28-31-33-35-36-37-38-39-40-41-43-44-46-49-52-55-58-61-64-67-70-76(79)82-73-74(72-81-75(78)69-66-63-60-57-54-51-48-30-27-24-21-18-15-12-9-6-3)83-77(80)71-68-65-62-59-56-53-50-47-45-42-34-32-29-26-23-20-17-14-11-8-5-2/h8,11,17,20,26,29,34,42,74H,4-7,9-10,12-16,18-19,21-25,27-28,30-33,35-41,43-73H2,1-3H3/b11-8-,20-17-,29-26-,42-34-. The zero-order chi connectivity index (χ0) is 59.9. The molecule has 486 valence electrons. The van der Waals surface area contributed by atoms with Gasteiger partial charge in [0.25, 0.3) is 0 Å². The molecule has 0 aromatic carbocycles. The Morgan fingerprint density at radius 3 is 0.735 bits per heavy atom. The van der Waals surface area contributed by atoms with Crippen molar-refractivity contribution in [3.63, 3.8) is 0 Å². The van der Waals surface area contributed by atoms with Crippen molar-refractivity contribution in [1.82, 2.24) is 0 Å². The summed E-state index contributed by atoms with van der Waals surface area (Å²) >= 11 is 0. The van der Waals surface area contributed by atoms with Gasteiger partial charge in [-0.3, -0.25) is 14.4 Å². The van der Waals surface area contributed by atoms with Gasteiger partial charge in [-0.05, 0) is 57.8 Å². The van der Waals surface area contributed by atoms with Gasteiger partial charge in [-0.1, -0.05) is 378 Å². The molecular weight excluding hydrogens is 1020 g/mol. The van der Waals surface area contributed by atoms with Crippen LogP contribution in [0.15, 0.2) is 48.6 Å². The van der Waals surface area contributed by atoms with Crippen LogP contribution in [0.3, 0.4) is 0 Å². The van der Waals surface area contributed by atoms with E-state index in [0.29, 0.717) is 19.3 Å². The molecule has 0 amide bonds. The minimum Gasteiger partial charge on any atom is -0.462 e. The number of allylic oxidation sites excluding steroid dienone is 8. The van der Waals surface area contributed by atoms with Crippen LogP contribution in [0.2, 0.25) is 0 Å². The van der Waals surface area contributed by atoms with Gasteiger partial charge in [0.05, 0.1) is 0 Å². The zero-order valence-electron chi connectivity index (χ0n) is 56.0. The Balaban J connectivity index is 4.25. The van der Waals surface area contributed by atoms with Crippen LogP contribution in [0, 0.1) is 0 Å². The molecule has 0 aliphatic carbocycles. The summed E-state index contributed by atoms with van der Waals surface area (Å²) in [4.78, 5) is 38.5. The lowest BCUT2D eigenvalue weighted by Gasteiger charge is -2.18. The molecule has 0 radical (unpaired) electrons. The van der Waals surface area contributed by atoms with E-state index in [1.165, 1.54) is 276 Å². The summed E-state index contributed by atoms with van der Waals surface area (Å²) in [5.74, 6) is -0.847. The number of hydrogen-bond acceptors (Lipinski definition) is 6. The van der Waals surface area contributed by atoms with Crippen molar-refractivity contribution >= 4 is 17.9 Å². The Kier molecular flexibility index (Phi) is 69.6. The summed E-state index contributed by atoms with van der Waals surface area (Å²) in [6.07, 6.45) is 91.5. The third kappa shape index (κ3) is 70.0. The molecule has 6 heteroatoms. The monoisotopic (exact) mass is 1160 g/mol. The van der Waals surface area contributed by atoms with Gasteiger partial charge >= 0.3 is 17.9 Å². The fourth-order valence-electron chi connectivity index (χ4n) is 11.3. The summed E-state index contributed by atoms with van der Waals surface area (Å²) < 4.78 is 17.0. The van der Waals surface area contributed by atoms with Crippen LogP contribution in [-0.4, -0.2) is 37.2 Å². The topological polar surface area (TPSA) is 78.9 Å². The Morgan fingerprint density at radius 1 is 0.253 bits per heavy atom. The van der Waals surface area contributed by atoms with E-state index in [9.17, 15) is 14.4 Å². The Morgan fingerprint density at radius 2 is 0.470 bits per heavy atom. The van der Waals surface area contributed by atoms with E-state index in [-0.39, 0.29) is 31.1 Å². The van der Waals surface area contributed by atoms with E-state index < -0.39 is 6.10 Å². The smallest absolute Gasteiger partial charge is 0.306 e. The molecular formula is C77H142O6. The van der Waals surface area contributed by atoms with Gasteiger partial charge in [0.2, 0.25) is 0 Å². The zero-order valence-corrected chi connectivity index (χ0v) is 56.0. The Labute approximate surface area is 518 Å². The molecule has 0 spiro atoms. The van der Waals surface area contributed by atoms with Crippen molar-refractivity contribution < 1.29 is 28.6 Å². The highest BCUT2D eigenvalue weighted by atomic mass is 16.6. The molecule has 0 saturated carbocycles. The quantitative estimate of drug-likeness (QED) is 0.0261. The molecule has 1 unspecified atom stereocenters. The van der Waals surface area contributed by atoms with Crippen LogP contribution in [0.25, 0.3) is 0 Å². The minimum absolute atomic E-state index is 0.0707. The average Bonchev–Trinajstić information content (AvgIpc) is 3.50. The van der Waals surface area contributed by atoms with Crippen molar-refractivity contribution in [2.45, 2.75) is 412 Å². The third-order valence-corrected chi connectivity index (χ3v) is 16.8. The first-order valence-corrected chi connectivity index (χ1v) is 37.1. The van der Waals surface area contributed by atoms with Crippen LogP contribution < -0.4 is 0 Å². The number of hydrogen-bond donors (Lipinski definition) is 0. The van der Waals surface area contributed by atoms with Crippen molar-refractivity contribution in [2.24, 2.45) is 0 Å². The van der Waals surface area contributed by atoms with E-state index in [0.717, 1.165) is 89.9 Å². The summed E-state index contributed by atoms with van der Waals surface area (Å²) in [5.41, 5.74) is 0. The fourth-order valence-corrected chi connectivity index (χ4v) is 11.3. The SMILES string of the molecule is CC/C=C\C/C=C\C/C=C\C/C=C\CCCCCCCCCCC(=O)OC(COC(=O)CCCCCCCCCCCCCCCCCC)COC(=O)CCCCCCCCCCCCCCCCCCCCCCCCCCCCCC. The first-order valence-electron chi connectivity index (χ1n) is 37.1. The maximum Gasteiger partial charge on any atom is 0.306 e. The van der Waals surface area contributed by atoms with Crippen molar-refractivity contribution in [1.29, 1.82) is 0 Å². The van der Waals surface area contributed by atoms with E-state index in [1.54, 1.807) is 0 Å². The molecule has 0 saturated heterocycles. The maximum absolute atomic E-state index is 13.0. The average molecular weight is 1160 g/mol. The fraction of sp³-hybridized carbons (Fsp3) is 0.857. The Hall–Kier alpha value is -2.63. The van der Waals surface area contributed by atoms with E-state index in [4.69, 9.17) is 14.2 Å². The molecule has 0 fully saturated rings. The second kappa shape index (κ2) is 71.8. The van der Waals surface area contributed by atoms with E-state index >= 15 is 0 Å². The van der Waals surface area contributed by atoms with Crippen LogP contribution in [0.5, 0.6) is 0 Å². The van der Waals surface area contributed by atoms with Crippen molar-refractivity contribution in [3.8, 4) is 0 Å². The number of unbranched alkanes of at least 4 members (excludes halogenated alkanes) is 50. The van der Waals surface area contributed by atoms with Crippen molar-refractivity contribution in [2.75, 3.05) is 13.2 Å². The van der Waals surface area contributed by atoms with Crippen molar-refractivity contribution in [3.05, 3.63) is 48.6 Å². The number of ether oxygens (including phenoxy) is 3. The molecule has 1 atom stereocenters. The molecule has 83 heavy (non-hydrogen) atoms. The van der Waals surface area contributed by atoms with Gasteiger partial charge in [-0.15, -0.1) is 0 Å². The molecule has 0 bridgehead atoms. The lowest BCUT2D eigenvalue weighted by Crippen LogP contribution is -2.30. The molecule has 0 aromatic heterocycles. The van der Waals surface area contributed by atoms with Crippen LogP contribution in [0.4, 0.5) is 0 Å². The summed E-state index contributed by atoms with van der Waals surface area (Å²) in [5, 5.41) is 0. The lowest BCUT2D eigenvalue weighted by molar-refractivity contribution is -0.167. The van der Waals surface area contributed by atoms with Gasteiger partial charge in [0.15, 0.2) is 6.10 Å². The summed E-state index contributed by atoms with van der Waals surface area (Å²) in [6.45, 7) is 6.61. The van der Waals surface area contributed by atoms with Gasteiger partial charge in [-0.2, -0.15) is 0 Å². The number of carbonyl (C=O) groups is 3. The number of rotatable bonds is 69. The third-order valence-electron chi connectivity index (χ3n) is 16.8. The van der Waals surface area contributed by atoms with Crippen LogP contribution in [0.1, 0.15) is 406 Å². The molecule has 6 nitrogen and oxygen atoms in total. The second-order valence-electron chi connectivity index (χ2n) is 25.2. The molecule has 0 heterocycles. The molecule has 0 aromatic rings. The Bertz CT molecular complexity index is 1430. The normalized spacial score (nSPS) is 12.3. The highest BCUT2D eigenvalue weighted by Crippen LogP contribution is 2.19. The predicted octanol–water partition coefficient (Wildman–Crippen LogP) is 25.7. The summed E-state index contributed by atoms with van der Waals surface area (Å²) in [7, 11) is 0. The molecule has 0 rings (SSSR count). The first-order chi connectivity index (χ1) is 41.0. The highest BCUT2D eigenvalue weighted by Gasteiger charge is 2.20. The van der Waals surface area contributed by atoms with Gasteiger partial charge in [0, 0.05) is 19.3 Å². The largest absolute Gasteiger partial charge is 0.462 e. The van der Waals surface area contributed by atoms with Gasteiger partial charge < -0.3 is 14.2 Å².